The van der Waals surface area contributed by atoms with E-state index in [1.165, 1.54) is 19.4 Å². The molecule has 1 atom stereocenters. The molecule has 2 nitrogen and oxygen atoms in total. The minimum Gasteiger partial charge on any atom is -0.317 e. The van der Waals surface area contributed by atoms with E-state index in [-0.39, 0.29) is 0 Å². The molecule has 1 saturated heterocycles. The fourth-order valence-corrected chi connectivity index (χ4v) is 2.19. The molecule has 0 spiro atoms. The van der Waals surface area contributed by atoms with Crippen molar-refractivity contribution in [2.24, 2.45) is 0 Å². The van der Waals surface area contributed by atoms with Crippen LogP contribution < -0.4 is 5.32 Å². The summed E-state index contributed by atoms with van der Waals surface area (Å²) < 4.78 is 0. The van der Waals surface area contributed by atoms with E-state index in [1.54, 1.807) is 0 Å². The maximum Gasteiger partial charge on any atom is 0.0171 e. The second-order valence-corrected chi connectivity index (χ2v) is 4.53. The van der Waals surface area contributed by atoms with E-state index in [0.717, 1.165) is 6.54 Å². The van der Waals surface area contributed by atoms with E-state index in [1.807, 2.05) is 6.08 Å². The third kappa shape index (κ3) is 2.55. The van der Waals surface area contributed by atoms with Gasteiger partial charge in [-0.1, -0.05) is 6.08 Å². The molecular weight excluding hydrogens is 160 g/mol. The molecule has 0 radical (unpaired) electrons. The van der Waals surface area contributed by atoms with Crippen molar-refractivity contribution in [1.82, 2.24) is 10.2 Å². The Labute approximate surface area is 82.0 Å². The minimum atomic E-state index is 0.320. The highest BCUT2D eigenvalue weighted by Gasteiger charge is 2.32. The molecule has 76 valence electrons. The lowest BCUT2D eigenvalue weighted by Gasteiger charge is -2.45. The van der Waals surface area contributed by atoms with Gasteiger partial charge in [0.2, 0.25) is 0 Å². The SMILES string of the molecule is C=CCN1CCC(NC)CC1(C)C. The van der Waals surface area contributed by atoms with E-state index in [0.29, 0.717) is 11.6 Å². The molecule has 1 fully saturated rings. The first kappa shape index (κ1) is 10.7. The summed E-state index contributed by atoms with van der Waals surface area (Å²) in [6.45, 7) is 10.6. The van der Waals surface area contributed by atoms with Crippen LogP contribution in [0.5, 0.6) is 0 Å². The van der Waals surface area contributed by atoms with E-state index in [2.05, 4.69) is 37.7 Å². The largest absolute Gasteiger partial charge is 0.317 e. The van der Waals surface area contributed by atoms with E-state index in [9.17, 15) is 0 Å². The van der Waals surface area contributed by atoms with Crippen molar-refractivity contribution in [1.29, 1.82) is 0 Å². The van der Waals surface area contributed by atoms with Crippen LogP contribution in [-0.4, -0.2) is 36.6 Å². The van der Waals surface area contributed by atoms with Crippen LogP contribution in [0.4, 0.5) is 0 Å². The van der Waals surface area contributed by atoms with E-state index >= 15 is 0 Å². The molecule has 1 heterocycles. The van der Waals surface area contributed by atoms with Gasteiger partial charge in [0, 0.05) is 24.7 Å². The number of likely N-dealkylation sites (tertiary alicyclic amines) is 1. The lowest BCUT2D eigenvalue weighted by molar-refractivity contribution is 0.0723. The molecule has 0 aliphatic carbocycles. The van der Waals surface area contributed by atoms with Crippen molar-refractivity contribution in [2.75, 3.05) is 20.1 Å². The second-order valence-electron chi connectivity index (χ2n) is 4.53. The summed E-state index contributed by atoms with van der Waals surface area (Å²) in [5.74, 6) is 0. The first-order chi connectivity index (χ1) is 6.10. The van der Waals surface area contributed by atoms with Crippen molar-refractivity contribution >= 4 is 0 Å². The van der Waals surface area contributed by atoms with Crippen molar-refractivity contribution in [3.05, 3.63) is 12.7 Å². The van der Waals surface area contributed by atoms with Crippen LogP contribution in [0.2, 0.25) is 0 Å². The van der Waals surface area contributed by atoms with Gasteiger partial charge in [-0.05, 0) is 33.7 Å². The topological polar surface area (TPSA) is 15.3 Å². The van der Waals surface area contributed by atoms with Crippen molar-refractivity contribution in [3.8, 4) is 0 Å². The van der Waals surface area contributed by atoms with E-state index in [4.69, 9.17) is 0 Å². The van der Waals surface area contributed by atoms with Gasteiger partial charge in [-0.15, -0.1) is 6.58 Å². The molecule has 0 bridgehead atoms. The summed E-state index contributed by atoms with van der Waals surface area (Å²) in [5, 5.41) is 3.37. The first-order valence-electron chi connectivity index (χ1n) is 5.13. The lowest BCUT2D eigenvalue weighted by Crippen LogP contribution is -2.53. The maximum absolute atomic E-state index is 3.80. The molecule has 1 aliphatic rings. The monoisotopic (exact) mass is 182 g/mol. The van der Waals surface area contributed by atoms with Gasteiger partial charge in [0.05, 0.1) is 0 Å². The summed E-state index contributed by atoms with van der Waals surface area (Å²) in [5.41, 5.74) is 0.320. The van der Waals surface area contributed by atoms with Crippen LogP contribution in [0.3, 0.4) is 0 Å². The Balaban J connectivity index is 2.56. The number of rotatable bonds is 3. The van der Waals surface area contributed by atoms with Crippen LogP contribution in [0.1, 0.15) is 26.7 Å². The van der Waals surface area contributed by atoms with Gasteiger partial charge < -0.3 is 5.32 Å². The molecule has 2 heteroatoms. The Kier molecular flexibility index (Phi) is 3.51. The lowest BCUT2D eigenvalue weighted by atomic mass is 9.87. The Morgan fingerprint density at radius 1 is 1.62 bits per heavy atom. The third-order valence-electron chi connectivity index (χ3n) is 3.11. The van der Waals surface area contributed by atoms with Crippen LogP contribution in [-0.2, 0) is 0 Å². The highest BCUT2D eigenvalue weighted by Crippen LogP contribution is 2.26. The maximum atomic E-state index is 3.80. The quantitative estimate of drug-likeness (QED) is 0.667. The summed E-state index contributed by atoms with van der Waals surface area (Å²) >= 11 is 0. The fourth-order valence-electron chi connectivity index (χ4n) is 2.19. The predicted octanol–water partition coefficient (Wildman–Crippen LogP) is 1.63. The van der Waals surface area contributed by atoms with Gasteiger partial charge in [-0.3, -0.25) is 4.90 Å². The average Bonchev–Trinajstić information content (AvgIpc) is 2.08. The normalized spacial score (nSPS) is 28.7. The van der Waals surface area contributed by atoms with Gasteiger partial charge in [0.25, 0.3) is 0 Å². The molecule has 13 heavy (non-hydrogen) atoms. The molecule has 0 aromatic heterocycles. The van der Waals surface area contributed by atoms with Crippen molar-refractivity contribution in [2.45, 2.75) is 38.3 Å². The number of nitrogens with zero attached hydrogens (tertiary/aromatic N) is 1. The standard InChI is InChI=1S/C11H22N2/c1-5-7-13-8-6-10(12-4)9-11(13,2)3/h5,10,12H,1,6-9H2,2-4H3. The third-order valence-corrected chi connectivity index (χ3v) is 3.11. The van der Waals surface area contributed by atoms with Crippen LogP contribution in [0, 0.1) is 0 Å². The second kappa shape index (κ2) is 4.25. The Morgan fingerprint density at radius 3 is 2.77 bits per heavy atom. The number of nitrogens with one attached hydrogen (secondary N) is 1. The van der Waals surface area contributed by atoms with Gasteiger partial charge in [-0.2, -0.15) is 0 Å². The summed E-state index contributed by atoms with van der Waals surface area (Å²) in [4.78, 5) is 2.51. The molecule has 1 aliphatic heterocycles. The molecule has 0 aromatic carbocycles. The molecule has 1 rings (SSSR count). The summed E-state index contributed by atoms with van der Waals surface area (Å²) in [6.07, 6.45) is 4.49. The Bertz CT molecular complexity index is 175. The molecule has 0 amide bonds. The molecule has 1 N–H and O–H groups in total. The average molecular weight is 182 g/mol. The molecule has 0 aromatic rings. The fraction of sp³-hybridized carbons (Fsp3) is 0.818. The zero-order valence-electron chi connectivity index (χ0n) is 9.14. The molecular formula is C11H22N2. The zero-order chi connectivity index (χ0) is 9.90. The Hall–Kier alpha value is -0.340. The minimum absolute atomic E-state index is 0.320. The van der Waals surface area contributed by atoms with Gasteiger partial charge in [-0.25, -0.2) is 0 Å². The smallest absolute Gasteiger partial charge is 0.0171 e. The zero-order valence-corrected chi connectivity index (χ0v) is 9.14. The number of piperidine rings is 1. The van der Waals surface area contributed by atoms with E-state index < -0.39 is 0 Å². The van der Waals surface area contributed by atoms with Gasteiger partial charge in [0.1, 0.15) is 0 Å². The van der Waals surface area contributed by atoms with Gasteiger partial charge >= 0.3 is 0 Å². The van der Waals surface area contributed by atoms with Crippen molar-refractivity contribution < 1.29 is 0 Å². The predicted molar refractivity (Wildman–Crippen MR) is 57.9 cm³/mol. The van der Waals surface area contributed by atoms with Crippen LogP contribution in [0.15, 0.2) is 12.7 Å². The van der Waals surface area contributed by atoms with Crippen LogP contribution >= 0.6 is 0 Å². The molecule has 1 unspecified atom stereocenters. The highest BCUT2D eigenvalue weighted by molar-refractivity contribution is 4.94. The first-order valence-corrected chi connectivity index (χ1v) is 5.13. The highest BCUT2D eigenvalue weighted by atomic mass is 15.2. The van der Waals surface area contributed by atoms with Crippen molar-refractivity contribution in [3.63, 3.8) is 0 Å². The van der Waals surface area contributed by atoms with Gasteiger partial charge in [0.15, 0.2) is 0 Å². The molecule has 0 saturated carbocycles. The summed E-state index contributed by atoms with van der Waals surface area (Å²) in [7, 11) is 2.06. The van der Waals surface area contributed by atoms with Crippen LogP contribution in [0.25, 0.3) is 0 Å². The number of hydrogen-bond acceptors (Lipinski definition) is 2. The Morgan fingerprint density at radius 2 is 2.31 bits per heavy atom. The number of hydrogen-bond donors (Lipinski definition) is 1. The summed E-state index contributed by atoms with van der Waals surface area (Å²) in [6, 6.07) is 0.691.